The van der Waals surface area contributed by atoms with Gasteiger partial charge in [0.15, 0.2) is 0 Å². The lowest BCUT2D eigenvalue weighted by Gasteiger charge is -2.42. The van der Waals surface area contributed by atoms with Gasteiger partial charge in [0.1, 0.15) is 23.4 Å². The van der Waals surface area contributed by atoms with Crippen LogP contribution in [0.1, 0.15) is 13.8 Å². The summed E-state index contributed by atoms with van der Waals surface area (Å²) in [7, 11) is -5.60. The summed E-state index contributed by atoms with van der Waals surface area (Å²) in [6, 6.07) is 9.51. The fraction of sp³-hybridized carbons (Fsp3) is 0.316. The highest BCUT2D eigenvalue weighted by atomic mass is 32.2. The molecule has 0 radical (unpaired) electrons. The molecule has 1 heterocycles. The Morgan fingerprint density at radius 2 is 1.70 bits per heavy atom. The van der Waals surface area contributed by atoms with Crippen LogP contribution in [0.3, 0.4) is 0 Å². The first-order valence-electron chi connectivity index (χ1n) is 8.95. The van der Waals surface area contributed by atoms with Crippen LogP contribution in [0.15, 0.2) is 53.4 Å². The Hall–Kier alpha value is -2.34. The van der Waals surface area contributed by atoms with Gasteiger partial charge in [-0.25, -0.2) is 18.3 Å². The largest absolute Gasteiger partial charge is 0.457 e. The van der Waals surface area contributed by atoms with Crippen LogP contribution in [0.25, 0.3) is 0 Å². The molecule has 0 saturated carbocycles. The minimum absolute atomic E-state index is 0.0627. The van der Waals surface area contributed by atoms with Crippen LogP contribution in [-0.2, 0) is 25.6 Å². The Labute approximate surface area is 176 Å². The fourth-order valence-electron chi connectivity index (χ4n) is 3.26. The number of ether oxygens (including phenoxy) is 1. The Kier molecular flexibility index (Phi) is 6.27. The molecule has 2 unspecified atom stereocenters. The number of carbonyl (C=O) groups is 1. The normalized spacial score (nSPS) is 21.7. The molecule has 11 heteroatoms. The predicted octanol–water partition coefficient (Wildman–Crippen LogP) is 2.02. The number of hydroxylamine groups is 1. The van der Waals surface area contributed by atoms with Crippen LogP contribution in [0.4, 0.5) is 4.39 Å². The molecule has 8 nitrogen and oxygen atoms in total. The second-order valence-corrected chi connectivity index (χ2v) is 11.2. The lowest BCUT2D eigenvalue weighted by molar-refractivity contribution is -0.134. The number of carbonyl (C=O) groups excluding carboxylic acids is 1. The average molecular weight is 457 g/mol. The predicted molar refractivity (Wildman–Crippen MR) is 108 cm³/mol. The third kappa shape index (κ3) is 4.24. The number of sulfonamides is 1. The van der Waals surface area contributed by atoms with Crippen molar-refractivity contribution in [1.29, 1.82) is 0 Å². The first-order chi connectivity index (χ1) is 14.1. The molecule has 2 aromatic carbocycles. The van der Waals surface area contributed by atoms with Gasteiger partial charge in [-0.05, 0) is 62.4 Å². The molecule has 1 fully saturated rings. The molecule has 0 aromatic heterocycles. The maximum Gasteiger partial charge on any atom is 0.263 e. The molecule has 162 valence electrons. The van der Waals surface area contributed by atoms with Gasteiger partial charge in [0.05, 0.1) is 9.64 Å². The van der Waals surface area contributed by atoms with E-state index in [4.69, 9.17) is 9.94 Å². The second kappa shape index (κ2) is 8.42. The van der Waals surface area contributed by atoms with Gasteiger partial charge in [0.25, 0.3) is 5.91 Å². The molecule has 0 bridgehead atoms. The van der Waals surface area contributed by atoms with Gasteiger partial charge < -0.3 is 4.74 Å². The SMILES string of the molecule is CC1(C)C(C(=O)NO)N(S(=O)(=O)c2ccc(Oc3ccc(F)cc3)cc2)CCS1=O. The van der Waals surface area contributed by atoms with E-state index in [9.17, 15) is 21.8 Å². The quantitative estimate of drug-likeness (QED) is 0.526. The monoisotopic (exact) mass is 456 g/mol. The summed E-state index contributed by atoms with van der Waals surface area (Å²) in [5, 5.41) is 9.09. The van der Waals surface area contributed by atoms with Crippen molar-refractivity contribution in [3.63, 3.8) is 0 Å². The van der Waals surface area contributed by atoms with Crippen molar-refractivity contribution in [1.82, 2.24) is 9.79 Å². The summed E-state index contributed by atoms with van der Waals surface area (Å²) >= 11 is 0. The zero-order chi connectivity index (χ0) is 22.1. The highest BCUT2D eigenvalue weighted by Crippen LogP contribution is 2.33. The fourth-order valence-corrected chi connectivity index (χ4v) is 6.53. The molecule has 2 N–H and O–H groups in total. The minimum Gasteiger partial charge on any atom is -0.457 e. The smallest absolute Gasteiger partial charge is 0.263 e. The zero-order valence-corrected chi connectivity index (χ0v) is 17.9. The summed E-state index contributed by atoms with van der Waals surface area (Å²) < 4.78 is 57.1. The van der Waals surface area contributed by atoms with Crippen LogP contribution < -0.4 is 10.2 Å². The standard InChI is InChI=1S/C19H21FN2O6S2/c1-19(2)17(18(23)21-24)22(11-12-29(19)25)30(26,27)16-9-7-15(8-10-16)28-14-5-3-13(20)4-6-14/h3-10,17,24H,11-12H2,1-2H3,(H,21,23). The van der Waals surface area contributed by atoms with Gasteiger partial charge >= 0.3 is 0 Å². The number of hydrogen-bond donors (Lipinski definition) is 2. The number of rotatable bonds is 5. The molecule has 1 saturated heterocycles. The molecule has 3 rings (SSSR count). The number of halogens is 1. The van der Waals surface area contributed by atoms with Crippen LogP contribution in [0.2, 0.25) is 0 Å². The van der Waals surface area contributed by atoms with Gasteiger partial charge in [-0.2, -0.15) is 4.31 Å². The van der Waals surface area contributed by atoms with E-state index in [1.807, 2.05) is 0 Å². The van der Waals surface area contributed by atoms with Crippen molar-refractivity contribution in [2.75, 3.05) is 12.3 Å². The maximum atomic E-state index is 13.2. The first-order valence-corrected chi connectivity index (χ1v) is 11.7. The average Bonchev–Trinajstić information content (AvgIpc) is 2.71. The summed E-state index contributed by atoms with van der Waals surface area (Å²) in [6.07, 6.45) is 0. The van der Waals surface area contributed by atoms with Gasteiger partial charge in [-0.1, -0.05) is 0 Å². The third-order valence-corrected chi connectivity index (χ3v) is 8.70. The summed E-state index contributed by atoms with van der Waals surface area (Å²) in [4.78, 5) is 12.2. The highest BCUT2D eigenvalue weighted by molar-refractivity contribution is 7.90. The second-order valence-electron chi connectivity index (χ2n) is 7.17. The van der Waals surface area contributed by atoms with E-state index >= 15 is 0 Å². The van der Waals surface area contributed by atoms with E-state index < -0.39 is 43.3 Å². The van der Waals surface area contributed by atoms with Gasteiger partial charge in [-0.15, -0.1) is 0 Å². The van der Waals surface area contributed by atoms with Crippen molar-refractivity contribution in [2.45, 2.75) is 29.5 Å². The minimum atomic E-state index is -4.13. The maximum absolute atomic E-state index is 13.2. The molecule has 2 atom stereocenters. The Morgan fingerprint density at radius 1 is 1.17 bits per heavy atom. The third-order valence-electron chi connectivity index (χ3n) is 4.87. The van der Waals surface area contributed by atoms with Crippen LogP contribution in [0.5, 0.6) is 11.5 Å². The van der Waals surface area contributed by atoms with Crippen LogP contribution in [0, 0.1) is 5.82 Å². The lowest BCUT2D eigenvalue weighted by Crippen LogP contribution is -2.64. The van der Waals surface area contributed by atoms with Crippen molar-refractivity contribution >= 4 is 26.7 Å². The van der Waals surface area contributed by atoms with E-state index in [2.05, 4.69) is 0 Å². The molecule has 1 aliphatic heterocycles. The summed E-state index contributed by atoms with van der Waals surface area (Å²) in [5.74, 6) is -0.575. The van der Waals surface area contributed by atoms with Crippen molar-refractivity contribution in [3.05, 3.63) is 54.3 Å². The zero-order valence-electron chi connectivity index (χ0n) is 16.2. The van der Waals surface area contributed by atoms with E-state index in [0.29, 0.717) is 11.5 Å². The van der Waals surface area contributed by atoms with Gasteiger partial charge in [0, 0.05) is 23.1 Å². The first kappa shape index (κ1) is 22.3. The number of benzene rings is 2. The number of nitrogens with zero attached hydrogens (tertiary/aromatic N) is 1. The molecule has 2 aromatic rings. The number of hydrogen-bond acceptors (Lipinski definition) is 6. The van der Waals surface area contributed by atoms with Crippen molar-refractivity contribution < 1.29 is 31.8 Å². The van der Waals surface area contributed by atoms with E-state index in [1.165, 1.54) is 67.9 Å². The van der Waals surface area contributed by atoms with E-state index in [0.717, 1.165) is 4.31 Å². The molecule has 30 heavy (non-hydrogen) atoms. The van der Waals surface area contributed by atoms with E-state index in [-0.39, 0.29) is 17.2 Å². The topological polar surface area (TPSA) is 113 Å². The highest BCUT2D eigenvalue weighted by Gasteiger charge is 2.51. The van der Waals surface area contributed by atoms with Crippen LogP contribution in [-0.4, -0.2) is 51.1 Å². The summed E-state index contributed by atoms with van der Waals surface area (Å²) in [5.41, 5.74) is 1.48. The summed E-state index contributed by atoms with van der Waals surface area (Å²) in [6.45, 7) is 2.90. The van der Waals surface area contributed by atoms with Crippen molar-refractivity contribution in [3.8, 4) is 11.5 Å². The molecular weight excluding hydrogens is 435 g/mol. The van der Waals surface area contributed by atoms with E-state index in [1.54, 1.807) is 0 Å². The number of amides is 1. The molecule has 1 amide bonds. The van der Waals surface area contributed by atoms with Gasteiger partial charge in [-0.3, -0.25) is 14.2 Å². The van der Waals surface area contributed by atoms with Gasteiger partial charge in [0.2, 0.25) is 10.0 Å². The van der Waals surface area contributed by atoms with Crippen LogP contribution >= 0.6 is 0 Å². The molecule has 0 aliphatic carbocycles. The molecule has 0 spiro atoms. The number of nitrogens with one attached hydrogen (secondary N) is 1. The van der Waals surface area contributed by atoms with Crippen molar-refractivity contribution in [2.24, 2.45) is 0 Å². The molecule has 1 aliphatic rings. The Balaban J connectivity index is 1.89. The Bertz CT molecular complexity index is 1060. The molecular formula is C19H21FN2O6S2. The lowest BCUT2D eigenvalue weighted by atomic mass is 10.0. The Morgan fingerprint density at radius 3 is 2.23 bits per heavy atom.